The molecule has 0 saturated carbocycles. The van der Waals surface area contributed by atoms with Gasteiger partial charge in [0, 0.05) is 0 Å². The van der Waals surface area contributed by atoms with E-state index in [-0.39, 0.29) is 11.5 Å². The fourth-order valence-electron chi connectivity index (χ4n) is 1.34. The van der Waals surface area contributed by atoms with Crippen LogP contribution in [0.5, 0.6) is 0 Å². The fourth-order valence-corrected chi connectivity index (χ4v) is 2.75. The summed E-state index contributed by atoms with van der Waals surface area (Å²) in [5.74, 6) is 3.75. The monoisotopic (exact) mass is 297 g/mol. The molecule has 1 aromatic carbocycles. The average Bonchev–Trinajstić information content (AvgIpc) is 2.43. The summed E-state index contributed by atoms with van der Waals surface area (Å²) < 4.78 is 25.2. The summed E-state index contributed by atoms with van der Waals surface area (Å²) in [6, 6.07) is 6.12. The fraction of sp³-hybridized carbons (Fsp3) is 0.308. The van der Waals surface area contributed by atoms with Crippen LogP contribution in [0.25, 0.3) is 0 Å². The van der Waals surface area contributed by atoms with Crippen LogP contribution in [0.4, 0.5) is 0 Å². The lowest BCUT2D eigenvalue weighted by Gasteiger charge is -2.23. The van der Waals surface area contributed by atoms with Crippen molar-refractivity contribution in [2.24, 2.45) is 0 Å². The number of benzene rings is 1. The Hall–Kier alpha value is -1.88. The number of hydrogen-bond donors (Lipinski definition) is 1. The van der Waals surface area contributed by atoms with Gasteiger partial charge in [0.2, 0.25) is 0 Å². The van der Waals surface area contributed by atoms with E-state index in [2.05, 4.69) is 11.8 Å². The van der Waals surface area contributed by atoms with E-state index in [1.54, 1.807) is 25.1 Å². The minimum absolute atomic E-state index is 0.0439. The van der Waals surface area contributed by atoms with E-state index in [0.717, 1.165) is 0 Å². The van der Waals surface area contributed by atoms with Gasteiger partial charge in [-0.3, -0.25) is 9.63 Å². The molecule has 1 aromatic rings. The lowest BCUT2D eigenvalue weighted by atomic mass is 10.4. The van der Waals surface area contributed by atoms with Gasteiger partial charge in [-0.05, 0) is 26.0 Å². The molecule has 1 N–H and O–H groups in total. The van der Waals surface area contributed by atoms with Gasteiger partial charge < -0.3 is 5.11 Å². The quantitative estimate of drug-likeness (QED) is 0.628. The molecule has 0 aliphatic rings. The summed E-state index contributed by atoms with van der Waals surface area (Å²) in [6.45, 7) is 2.59. The van der Waals surface area contributed by atoms with Gasteiger partial charge in [-0.25, -0.2) is 8.42 Å². The zero-order chi connectivity index (χ0) is 15.2. The molecule has 0 saturated heterocycles. The van der Waals surface area contributed by atoms with Gasteiger partial charge in [0.05, 0.1) is 4.90 Å². The summed E-state index contributed by atoms with van der Waals surface area (Å²) in [5, 5.41) is 9.00. The first-order chi connectivity index (χ1) is 9.41. The first kappa shape index (κ1) is 16.2. The van der Waals surface area contributed by atoms with Gasteiger partial charge >= 0.3 is 5.97 Å². The lowest BCUT2D eigenvalue weighted by molar-refractivity contribution is -0.157. The van der Waals surface area contributed by atoms with Crippen LogP contribution < -0.4 is 0 Å². The maximum Gasteiger partial charge on any atom is 0.324 e. The molecule has 0 amide bonds. The molecule has 0 bridgehead atoms. The van der Waals surface area contributed by atoms with E-state index in [4.69, 9.17) is 9.94 Å². The standard InChI is InChI=1S/C13H15NO5S/c1-3-4-10-19-14(11(2)13(15)16)20(17,18)12-8-6-5-7-9-12/h5-9,11H,10H2,1-2H3,(H,15,16). The van der Waals surface area contributed by atoms with Crippen LogP contribution in [0.3, 0.4) is 0 Å². The molecule has 0 aliphatic heterocycles. The normalized spacial score (nSPS) is 12.6. The minimum Gasteiger partial charge on any atom is -0.480 e. The highest BCUT2D eigenvalue weighted by atomic mass is 32.2. The molecule has 0 spiro atoms. The van der Waals surface area contributed by atoms with Crippen LogP contribution in [0.1, 0.15) is 13.8 Å². The molecule has 0 radical (unpaired) electrons. The van der Waals surface area contributed by atoms with Crippen molar-refractivity contribution < 1.29 is 23.2 Å². The summed E-state index contributed by atoms with van der Waals surface area (Å²) in [4.78, 5) is 16.0. The lowest BCUT2D eigenvalue weighted by Crippen LogP contribution is -2.43. The highest BCUT2D eigenvalue weighted by Gasteiger charge is 2.34. The molecule has 7 heteroatoms. The molecule has 0 aromatic heterocycles. The van der Waals surface area contributed by atoms with Crippen molar-refractivity contribution >= 4 is 16.0 Å². The number of sulfonamides is 1. The molecule has 0 fully saturated rings. The van der Waals surface area contributed by atoms with Gasteiger partial charge in [-0.1, -0.05) is 28.6 Å². The SMILES string of the molecule is CC#CCON(C(C)C(=O)O)S(=O)(=O)c1ccccc1. The van der Waals surface area contributed by atoms with Crippen LogP contribution in [0, 0.1) is 11.8 Å². The summed E-state index contributed by atoms with van der Waals surface area (Å²) in [7, 11) is -4.06. The first-order valence-corrected chi connectivity index (χ1v) is 7.20. The Labute approximate surface area is 118 Å². The zero-order valence-corrected chi connectivity index (χ0v) is 11.9. The largest absolute Gasteiger partial charge is 0.480 e. The first-order valence-electron chi connectivity index (χ1n) is 5.76. The Morgan fingerprint density at radius 1 is 1.40 bits per heavy atom. The number of nitrogens with zero attached hydrogens (tertiary/aromatic N) is 1. The van der Waals surface area contributed by atoms with Crippen molar-refractivity contribution in [3.63, 3.8) is 0 Å². The predicted molar refractivity (Wildman–Crippen MR) is 72.0 cm³/mol. The molecule has 0 aliphatic carbocycles. The van der Waals surface area contributed by atoms with Crippen molar-refractivity contribution in [2.75, 3.05) is 6.61 Å². The van der Waals surface area contributed by atoms with Crippen molar-refractivity contribution in [3.8, 4) is 11.8 Å². The molecule has 20 heavy (non-hydrogen) atoms. The van der Waals surface area contributed by atoms with Crippen molar-refractivity contribution in [1.82, 2.24) is 4.47 Å². The Morgan fingerprint density at radius 2 is 2.00 bits per heavy atom. The van der Waals surface area contributed by atoms with Gasteiger partial charge in [-0.2, -0.15) is 0 Å². The molecule has 0 heterocycles. The van der Waals surface area contributed by atoms with E-state index in [1.807, 2.05) is 0 Å². The number of hydrogen-bond acceptors (Lipinski definition) is 4. The van der Waals surface area contributed by atoms with Crippen LogP contribution in [0.15, 0.2) is 35.2 Å². The highest BCUT2D eigenvalue weighted by molar-refractivity contribution is 7.89. The molecular weight excluding hydrogens is 282 g/mol. The molecule has 1 atom stereocenters. The second-order valence-corrected chi connectivity index (χ2v) is 5.57. The van der Waals surface area contributed by atoms with Crippen LogP contribution in [-0.2, 0) is 19.7 Å². The zero-order valence-electron chi connectivity index (χ0n) is 11.1. The maximum atomic E-state index is 12.4. The van der Waals surface area contributed by atoms with E-state index in [1.165, 1.54) is 19.1 Å². The number of carbonyl (C=O) groups is 1. The molecular formula is C13H15NO5S. The maximum absolute atomic E-state index is 12.4. The molecule has 6 nitrogen and oxygen atoms in total. The Bertz CT molecular complexity index is 615. The third kappa shape index (κ3) is 3.81. The van der Waals surface area contributed by atoms with E-state index < -0.39 is 22.0 Å². The van der Waals surface area contributed by atoms with Gasteiger partial charge in [-0.15, -0.1) is 5.92 Å². The van der Waals surface area contributed by atoms with Crippen molar-refractivity contribution in [3.05, 3.63) is 30.3 Å². The van der Waals surface area contributed by atoms with Gasteiger partial charge in [0.1, 0.15) is 12.6 Å². The summed E-state index contributed by atoms with van der Waals surface area (Å²) >= 11 is 0. The molecule has 108 valence electrons. The van der Waals surface area contributed by atoms with E-state index in [9.17, 15) is 13.2 Å². The number of hydroxylamine groups is 1. The Balaban J connectivity index is 3.14. The van der Waals surface area contributed by atoms with E-state index in [0.29, 0.717) is 4.47 Å². The van der Waals surface area contributed by atoms with E-state index >= 15 is 0 Å². The second kappa shape index (κ2) is 7.05. The van der Waals surface area contributed by atoms with Gasteiger partial charge in [0.25, 0.3) is 10.0 Å². The highest BCUT2D eigenvalue weighted by Crippen LogP contribution is 2.18. The second-order valence-electron chi connectivity index (χ2n) is 3.79. The summed E-state index contributed by atoms with van der Waals surface area (Å²) in [5.41, 5.74) is 0. The summed E-state index contributed by atoms with van der Waals surface area (Å²) in [6.07, 6.45) is 0. The number of rotatable bonds is 6. The average molecular weight is 297 g/mol. The van der Waals surface area contributed by atoms with Crippen LogP contribution >= 0.6 is 0 Å². The Morgan fingerprint density at radius 3 is 2.50 bits per heavy atom. The van der Waals surface area contributed by atoms with Crippen molar-refractivity contribution in [1.29, 1.82) is 0 Å². The third-order valence-corrected chi connectivity index (χ3v) is 4.16. The molecule has 1 rings (SSSR count). The number of carboxylic acid groups (broad SMARTS) is 1. The topological polar surface area (TPSA) is 83.9 Å². The predicted octanol–water partition coefficient (Wildman–Crippen LogP) is 1.11. The minimum atomic E-state index is -4.06. The molecule has 1 unspecified atom stereocenters. The van der Waals surface area contributed by atoms with Crippen molar-refractivity contribution in [2.45, 2.75) is 24.8 Å². The number of carboxylic acids is 1. The third-order valence-electron chi connectivity index (χ3n) is 2.39. The van der Waals surface area contributed by atoms with Gasteiger partial charge in [0.15, 0.2) is 0 Å². The Kier molecular flexibility index (Phi) is 5.70. The van der Waals surface area contributed by atoms with Crippen LogP contribution in [0.2, 0.25) is 0 Å². The smallest absolute Gasteiger partial charge is 0.324 e. The number of aliphatic carboxylic acids is 1. The van der Waals surface area contributed by atoms with Crippen LogP contribution in [-0.4, -0.2) is 36.6 Å².